The molecular weight excluding hydrogens is 314 g/mol. The number of hydrogen-bond donors (Lipinski definition) is 0. The molecule has 0 N–H and O–H groups in total. The summed E-state index contributed by atoms with van der Waals surface area (Å²) in [5, 5.41) is 2.68. The third-order valence-corrected chi connectivity index (χ3v) is 5.40. The number of fused-ring (bicyclic) bond motifs is 1. The molecule has 0 radical (unpaired) electrons. The van der Waals surface area contributed by atoms with Crippen LogP contribution in [0.15, 0.2) is 36.4 Å². The van der Waals surface area contributed by atoms with Crippen molar-refractivity contribution in [2.75, 3.05) is 0 Å². The molecule has 3 rings (SSSR count). The van der Waals surface area contributed by atoms with E-state index in [2.05, 4.69) is 96.5 Å². The predicted molar refractivity (Wildman–Crippen MR) is 113 cm³/mol. The van der Waals surface area contributed by atoms with Crippen molar-refractivity contribution in [3.05, 3.63) is 64.3 Å². The molecule has 0 amide bonds. The molecule has 0 bridgehead atoms. The fourth-order valence-electron chi connectivity index (χ4n) is 3.96. The van der Waals surface area contributed by atoms with Gasteiger partial charge in [-0.1, -0.05) is 44.5 Å². The van der Waals surface area contributed by atoms with E-state index in [-0.39, 0.29) is 0 Å². The van der Waals surface area contributed by atoms with Gasteiger partial charge in [0.15, 0.2) is 5.69 Å². The van der Waals surface area contributed by atoms with Gasteiger partial charge in [-0.25, -0.2) is 0 Å². The quantitative estimate of drug-likeness (QED) is 0.490. The average Bonchev–Trinajstić information content (AvgIpc) is 2.51. The zero-order valence-electron chi connectivity index (χ0n) is 17.6. The fraction of sp³-hybridized carbons (Fsp3) is 0.400. The smallest absolute Gasteiger partial charge is 0.198 e. The topological polar surface area (TPSA) is 3.88 Å². The molecule has 1 aromatic heterocycles. The third-order valence-electron chi connectivity index (χ3n) is 5.40. The first-order valence-corrected chi connectivity index (χ1v) is 9.57. The van der Waals surface area contributed by atoms with Crippen LogP contribution >= 0.6 is 0 Å². The Labute approximate surface area is 158 Å². The Hall–Kier alpha value is -2.15. The van der Waals surface area contributed by atoms with Gasteiger partial charge in [0, 0.05) is 13.0 Å². The van der Waals surface area contributed by atoms with Crippen LogP contribution in [0.4, 0.5) is 0 Å². The van der Waals surface area contributed by atoms with Gasteiger partial charge in [0.1, 0.15) is 7.05 Å². The van der Waals surface area contributed by atoms with E-state index in [9.17, 15) is 0 Å². The maximum atomic E-state index is 2.38. The van der Waals surface area contributed by atoms with Crippen molar-refractivity contribution in [2.45, 2.75) is 54.9 Å². The van der Waals surface area contributed by atoms with Crippen LogP contribution in [0.2, 0.25) is 0 Å². The number of aryl methyl sites for hydroxylation is 3. The summed E-state index contributed by atoms with van der Waals surface area (Å²) >= 11 is 0. The summed E-state index contributed by atoms with van der Waals surface area (Å²) in [5.41, 5.74) is 9.74. The van der Waals surface area contributed by atoms with Crippen LogP contribution in [0.3, 0.4) is 0 Å². The van der Waals surface area contributed by atoms with Crippen molar-refractivity contribution in [1.29, 1.82) is 0 Å². The second kappa shape index (κ2) is 6.54. The van der Waals surface area contributed by atoms with Crippen molar-refractivity contribution in [1.82, 2.24) is 0 Å². The van der Waals surface area contributed by atoms with E-state index in [0.717, 1.165) is 6.42 Å². The third kappa shape index (κ3) is 3.53. The first-order chi connectivity index (χ1) is 12.1. The van der Waals surface area contributed by atoms with Gasteiger partial charge in [-0.3, -0.25) is 0 Å². The molecule has 0 saturated heterocycles. The molecule has 1 heteroatoms. The van der Waals surface area contributed by atoms with Crippen LogP contribution in [0, 0.1) is 33.1 Å². The molecule has 136 valence electrons. The molecule has 0 aliphatic heterocycles. The highest BCUT2D eigenvalue weighted by molar-refractivity contribution is 5.94. The van der Waals surface area contributed by atoms with Gasteiger partial charge in [0.2, 0.25) is 5.69 Å². The van der Waals surface area contributed by atoms with Gasteiger partial charge in [0.25, 0.3) is 0 Å². The van der Waals surface area contributed by atoms with Crippen LogP contribution in [0.25, 0.3) is 22.0 Å². The molecule has 0 aliphatic rings. The Morgan fingerprint density at radius 2 is 1.58 bits per heavy atom. The Morgan fingerprint density at radius 3 is 2.23 bits per heavy atom. The lowest BCUT2D eigenvalue weighted by molar-refractivity contribution is -0.665. The molecule has 0 atom stereocenters. The summed E-state index contributed by atoms with van der Waals surface area (Å²) in [6.45, 7) is 15.8. The first-order valence-electron chi connectivity index (χ1n) is 9.57. The summed E-state index contributed by atoms with van der Waals surface area (Å²) in [5.74, 6) is 0. The standard InChI is InChI=1S/C25H32N/c1-16-11-17(2)19(4)23(12-16)24-22-10-9-20(15-25(5,6)7)14-21(22)13-18(3)26(24)8/h9-14H,15H2,1-8H3/q+1. The number of hydrogen-bond acceptors (Lipinski definition) is 0. The van der Waals surface area contributed by atoms with Crippen LogP contribution < -0.4 is 4.57 Å². The minimum absolute atomic E-state index is 0.301. The van der Waals surface area contributed by atoms with E-state index >= 15 is 0 Å². The summed E-state index contributed by atoms with van der Waals surface area (Å²) < 4.78 is 2.34. The van der Waals surface area contributed by atoms with E-state index < -0.39 is 0 Å². The van der Waals surface area contributed by atoms with Gasteiger partial charge < -0.3 is 0 Å². The predicted octanol–water partition coefficient (Wildman–Crippen LogP) is 6.15. The molecule has 1 nitrogen and oxygen atoms in total. The average molecular weight is 347 g/mol. The summed E-state index contributed by atoms with van der Waals surface area (Å²) in [6.07, 6.45) is 1.10. The van der Waals surface area contributed by atoms with Crippen molar-refractivity contribution >= 4 is 10.8 Å². The Morgan fingerprint density at radius 1 is 0.885 bits per heavy atom. The van der Waals surface area contributed by atoms with E-state index in [0.29, 0.717) is 5.41 Å². The molecule has 26 heavy (non-hydrogen) atoms. The van der Waals surface area contributed by atoms with Gasteiger partial charge in [-0.15, -0.1) is 0 Å². The SMILES string of the molecule is Cc1cc(C)c(C)c(-c2c3ccc(CC(C)(C)C)cc3cc(C)[n+]2C)c1. The van der Waals surface area contributed by atoms with Gasteiger partial charge in [-0.05, 0) is 66.8 Å². The lowest BCUT2D eigenvalue weighted by atomic mass is 9.87. The monoisotopic (exact) mass is 346 g/mol. The van der Waals surface area contributed by atoms with Crippen molar-refractivity contribution < 1.29 is 4.57 Å². The normalized spacial score (nSPS) is 12.0. The number of pyridine rings is 1. The second-order valence-corrected chi connectivity index (χ2v) is 9.11. The molecule has 0 aliphatic carbocycles. The molecule has 0 spiro atoms. The Kier molecular flexibility index (Phi) is 4.69. The Bertz CT molecular complexity index is 987. The molecule has 1 heterocycles. The number of aromatic nitrogens is 1. The number of benzene rings is 2. The summed E-state index contributed by atoms with van der Waals surface area (Å²) in [4.78, 5) is 0. The minimum Gasteiger partial charge on any atom is -0.198 e. The zero-order chi connectivity index (χ0) is 19.2. The highest BCUT2D eigenvalue weighted by Gasteiger charge is 2.21. The molecule has 3 aromatic rings. The lowest BCUT2D eigenvalue weighted by Crippen LogP contribution is -2.35. The molecule has 0 saturated carbocycles. The van der Waals surface area contributed by atoms with Gasteiger partial charge in [0.05, 0.1) is 10.9 Å². The first kappa shape index (κ1) is 18.6. The van der Waals surface area contributed by atoms with E-state index in [1.54, 1.807) is 0 Å². The maximum Gasteiger partial charge on any atom is 0.220 e. The van der Waals surface area contributed by atoms with E-state index in [4.69, 9.17) is 0 Å². The highest BCUT2D eigenvalue weighted by atomic mass is 14.9. The highest BCUT2D eigenvalue weighted by Crippen LogP contribution is 2.32. The molecule has 2 aromatic carbocycles. The molecule has 0 fully saturated rings. The van der Waals surface area contributed by atoms with Crippen LogP contribution in [-0.2, 0) is 13.5 Å². The second-order valence-electron chi connectivity index (χ2n) is 9.11. The van der Waals surface area contributed by atoms with Crippen LogP contribution in [-0.4, -0.2) is 0 Å². The molecular formula is C25H32N+. The zero-order valence-corrected chi connectivity index (χ0v) is 17.6. The van der Waals surface area contributed by atoms with Crippen LogP contribution in [0.1, 0.15) is 48.7 Å². The number of rotatable bonds is 2. The summed E-state index contributed by atoms with van der Waals surface area (Å²) in [6, 6.07) is 13.9. The van der Waals surface area contributed by atoms with Gasteiger partial charge >= 0.3 is 0 Å². The number of nitrogens with zero attached hydrogens (tertiary/aromatic N) is 1. The van der Waals surface area contributed by atoms with Crippen molar-refractivity contribution in [2.24, 2.45) is 12.5 Å². The Balaban J connectivity index is 2.31. The summed E-state index contributed by atoms with van der Waals surface area (Å²) in [7, 11) is 2.18. The van der Waals surface area contributed by atoms with Crippen LogP contribution in [0.5, 0.6) is 0 Å². The fourth-order valence-corrected chi connectivity index (χ4v) is 3.96. The van der Waals surface area contributed by atoms with E-state index in [1.807, 2.05) is 0 Å². The largest absolute Gasteiger partial charge is 0.220 e. The van der Waals surface area contributed by atoms with Crippen molar-refractivity contribution in [3.8, 4) is 11.3 Å². The minimum atomic E-state index is 0.301. The van der Waals surface area contributed by atoms with Gasteiger partial charge in [-0.2, -0.15) is 4.57 Å². The molecule has 0 unspecified atom stereocenters. The van der Waals surface area contributed by atoms with E-state index in [1.165, 1.54) is 50.0 Å². The van der Waals surface area contributed by atoms with Crippen molar-refractivity contribution in [3.63, 3.8) is 0 Å². The lowest BCUT2D eigenvalue weighted by Gasteiger charge is -2.19. The maximum absolute atomic E-state index is 2.38.